The summed E-state index contributed by atoms with van der Waals surface area (Å²) in [7, 11) is 0. The van der Waals surface area contributed by atoms with Crippen molar-refractivity contribution in [3.8, 4) is 0 Å². The number of hydrogen-bond donors (Lipinski definition) is 2. The van der Waals surface area contributed by atoms with Crippen LogP contribution in [0.1, 0.15) is 45.1 Å². The molecule has 0 bridgehead atoms. The molecular weight excluding hydrogens is 280 g/mol. The zero-order chi connectivity index (χ0) is 15.5. The van der Waals surface area contributed by atoms with Crippen LogP contribution < -0.4 is 16.1 Å². The zero-order valence-electron chi connectivity index (χ0n) is 13.0. The third kappa shape index (κ3) is 7.09. The van der Waals surface area contributed by atoms with Gasteiger partial charge in [0, 0.05) is 18.8 Å². The lowest BCUT2D eigenvalue weighted by Crippen LogP contribution is -2.25. The molecule has 1 aromatic carbocycles. The molecule has 0 unspecified atom stereocenters. The summed E-state index contributed by atoms with van der Waals surface area (Å²) in [6, 6.07) is 8.41. The summed E-state index contributed by atoms with van der Waals surface area (Å²) in [6.07, 6.45) is 6.61. The van der Waals surface area contributed by atoms with Gasteiger partial charge >= 0.3 is 0 Å². The summed E-state index contributed by atoms with van der Waals surface area (Å²) in [4.78, 5) is 2.46. The second-order valence-electron chi connectivity index (χ2n) is 5.02. The van der Waals surface area contributed by atoms with E-state index in [1.807, 2.05) is 0 Å². The molecule has 3 N–H and O–H groups in total. The van der Waals surface area contributed by atoms with Crippen LogP contribution in [-0.2, 0) is 0 Å². The van der Waals surface area contributed by atoms with Gasteiger partial charge in [-0.3, -0.25) is 5.43 Å². The van der Waals surface area contributed by atoms with E-state index >= 15 is 0 Å². The number of hydrogen-bond acceptors (Lipinski definition) is 3. The summed E-state index contributed by atoms with van der Waals surface area (Å²) in [5, 5.41) is 4.13. The molecule has 0 radical (unpaired) electrons. The highest BCUT2D eigenvalue weighted by molar-refractivity contribution is 7.80. The fourth-order valence-electron chi connectivity index (χ4n) is 2.01. The minimum absolute atomic E-state index is 0.174. The van der Waals surface area contributed by atoms with E-state index in [-0.39, 0.29) is 5.11 Å². The predicted octanol–water partition coefficient (Wildman–Crippen LogP) is 3.26. The highest BCUT2D eigenvalue weighted by Crippen LogP contribution is 2.16. The molecule has 1 rings (SSSR count). The van der Waals surface area contributed by atoms with Crippen LogP contribution in [0.2, 0.25) is 0 Å². The zero-order valence-corrected chi connectivity index (χ0v) is 13.8. The number of thiocarbonyl (C=S) groups is 1. The molecule has 0 amide bonds. The maximum Gasteiger partial charge on any atom is 0.184 e. The molecule has 0 aliphatic rings. The lowest BCUT2D eigenvalue weighted by molar-refractivity contribution is 0.678. The molecule has 4 nitrogen and oxygen atoms in total. The van der Waals surface area contributed by atoms with Crippen molar-refractivity contribution in [2.45, 2.75) is 39.5 Å². The van der Waals surface area contributed by atoms with Gasteiger partial charge in [-0.05, 0) is 42.8 Å². The van der Waals surface area contributed by atoms with Crippen molar-refractivity contribution in [1.82, 2.24) is 5.43 Å². The number of anilines is 1. The van der Waals surface area contributed by atoms with Crippen LogP contribution >= 0.6 is 12.2 Å². The van der Waals surface area contributed by atoms with Gasteiger partial charge in [-0.2, -0.15) is 5.10 Å². The van der Waals surface area contributed by atoms with Crippen LogP contribution in [0.5, 0.6) is 0 Å². The second kappa shape index (κ2) is 10.2. The molecular formula is C16H26N4S. The van der Waals surface area contributed by atoms with Gasteiger partial charge in [-0.25, -0.2) is 0 Å². The second-order valence-corrected chi connectivity index (χ2v) is 5.46. The number of hydrazone groups is 1. The Morgan fingerprint density at radius 3 is 2.24 bits per heavy atom. The quantitative estimate of drug-likeness (QED) is 0.418. The van der Waals surface area contributed by atoms with Gasteiger partial charge in [-0.15, -0.1) is 0 Å². The SMILES string of the molecule is CCCCN(CCCC)c1ccc(C=NNC(N)=S)cc1. The van der Waals surface area contributed by atoms with Crippen molar-refractivity contribution in [2.75, 3.05) is 18.0 Å². The lowest BCUT2D eigenvalue weighted by Gasteiger charge is -2.24. The normalized spacial score (nSPS) is 10.8. The molecule has 116 valence electrons. The Hall–Kier alpha value is -1.62. The Labute approximate surface area is 133 Å². The van der Waals surface area contributed by atoms with E-state index in [1.54, 1.807) is 6.21 Å². The van der Waals surface area contributed by atoms with Gasteiger partial charge in [0.15, 0.2) is 5.11 Å². The van der Waals surface area contributed by atoms with E-state index in [0.717, 1.165) is 18.7 Å². The third-order valence-corrected chi connectivity index (χ3v) is 3.30. The average molecular weight is 306 g/mol. The molecule has 1 aromatic rings. The lowest BCUT2D eigenvalue weighted by atomic mass is 10.2. The van der Waals surface area contributed by atoms with Gasteiger partial charge in [0.2, 0.25) is 0 Å². The Balaban J connectivity index is 2.67. The van der Waals surface area contributed by atoms with Gasteiger partial charge in [-0.1, -0.05) is 38.8 Å². The van der Waals surface area contributed by atoms with E-state index in [4.69, 9.17) is 18.0 Å². The standard InChI is InChI=1S/C16H26N4S/c1-3-5-11-20(12-6-4-2)15-9-7-14(8-10-15)13-18-19-16(17)21/h7-10,13H,3-6,11-12H2,1-2H3,(H3,17,19,21). The number of nitrogens with two attached hydrogens (primary N) is 1. The first-order valence-electron chi connectivity index (χ1n) is 7.60. The number of rotatable bonds is 9. The Bertz CT molecular complexity index is 434. The average Bonchev–Trinajstić information content (AvgIpc) is 2.48. The van der Waals surface area contributed by atoms with Crippen LogP contribution in [0.15, 0.2) is 29.4 Å². The Morgan fingerprint density at radius 2 is 1.76 bits per heavy atom. The van der Waals surface area contributed by atoms with Gasteiger partial charge in [0.25, 0.3) is 0 Å². The first-order valence-corrected chi connectivity index (χ1v) is 8.01. The van der Waals surface area contributed by atoms with E-state index in [1.165, 1.54) is 31.4 Å². The van der Waals surface area contributed by atoms with E-state index < -0.39 is 0 Å². The van der Waals surface area contributed by atoms with Crippen LogP contribution in [-0.4, -0.2) is 24.4 Å². The van der Waals surface area contributed by atoms with Gasteiger partial charge in [0.1, 0.15) is 0 Å². The Kier molecular flexibility index (Phi) is 8.43. The van der Waals surface area contributed by atoms with Crippen LogP contribution in [0, 0.1) is 0 Å². The number of nitrogens with one attached hydrogen (secondary N) is 1. The van der Waals surface area contributed by atoms with Crippen molar-refractivity contribution in [3.05, 3.63) is 29.8 Å². The van der Waals surface area contributed by atoms with E-state index in [0.29, 0.717) is 0 Å². The van der Waals surface area contributed by atoms with E-state index in [9.17, 15) is 0 Å². The number of benzene rings is 1. The molecule has 0 fully saturated rings. The molecule has 21 heavy (non-hydrogen) atoms. The smallest absolute Gasteiger partial charge is 0.184 e. The van der Waals surface area contributed by atoms with Crippen LogP contribution in [0.4, 0.5) is 5.69 Å². The highest BCUT2D eigenvalue weighted by atomic mass is 32.1. The van der Waals surface area contributed by atoms with Crippen molar-refractivity contribution in [1.29, 1.82) is 0 Å². The maximum absolute atomic E-state index is 5.31. The fourth-order valence-corrected chi connectivity index (χ4v) is 2.06. The molecule has 0 spiro atoms. The number of nitrogens with zero attached hydrogens (tertiary/aromatic N) is 2. The van der Waals surface area contributed by atoms with Gasteiger partial charge in [0.05, 0.1) is 6.21 Å². The summed E-state index contributed by atoms with van der Waals surface area (Å²) >= 11 is 4.69. The summed E-state index contributed by atoms with van der Waals surface area (Å²) in [6.45, 7) is 6.69. The number of unbranched alkanes of at least 4 members (excludes halogenated alkanes) is 2. The fraction of sp³-hybridized carbons (Fsp3) is 0.500. The minimum Gasteiger partial charge on any atom is -0.375 e. The van der Waals surface area contributed by atoms with Crippen molar-refractivity contribution < 1.29 is 0 Å². The van der Waals surface area contributed by atoms with Crippen LogP contribution in [0.3, 0.4) is 0 Å². The molecule has 0 aliphatic heterocycles. The molecule has 0 heterocycles. The predicted molar refractivity (Wildman–Crippen MR) is 96.0 cm³/mol. The molecule has 0 aliphatic carbocycles. The van der Waals surface area contributed by atoms with Crippen molar-refractivity contribution >= 4 is 29.2 Å². The third-order valence-electron chi connectivity index (χ3n) is 3.21. The van der Waals surface area contributed by atoms with Crippen LogP contribution in [0.25, 0.3) is 0 Å². The van der Waals surface area contributed by atoms with Crippen molar-refractivity contribution in [3.63, 3.8) is 0 Å². The monoisotopic (exact) mass is 306 g/mol. The topological polar surface area (TPSA) is 53.6 Å². The first kappa shape index (κ1) is 17.4. The minimum atomic E-state index is 0.174. The van der Waals surface area contributed by atoms with E-state index in [2.05, 4.69) is 53.5 Å². The molecule has 0 atom stereocenters. The van der Waals surface area contributed by atoms with Crippen molar-refractivity contribution in [2.24, 2.45) is 10.8 Å². The summed E-state index contributed by atoms with van der Waals surface area (Å²) < 4.78 is 0. The molecule has 0 aromatic heterocycles. The highest BCUT2D eigenvalue weighted by Gasteiger charge is 2.05. The maximum atomic E-state index is 5.31. The molecule has 5 heteroatoms. The molecule has 0 saturated heterocycles. The summed E-state index contributed by atoms with van der Waals surface area (Å²) in [5.74, 6) is 0. The largest absolute Gasteiger partial charge is 0.375 e. The first-order chi connectivity index (χ1) is 10.2. The molecule has 0 saturated carbocycles. The van der Waals surface area contributed by atoms with Gasteiger partial charge < -0.3 is 10.6 Å². The Morgan fingerprint density at radius 1 is 1.19 bits per heavy atom. The summed E-state index contributed by atoms with van der Waals surface area (Å²) in [5.41, 5.74) is 10.2.